The average molecular weight is 569 g/mol. The van der Waals surface area contributed by atoms with E-state index >= 15 is 0 Å². The van der Waals surface area contributed by atoms with E-state index in [9.17, 15) is 8.42 Å². The summed E-state index contributed by atoms with van der Waals surface area (Å²) in [5.41, 5.74) is 2.03. The van der Waals surface area contributed by atoms with Crippen molar-refractivity contribution in [3.8, 4) is 11.1 Å². The average Bonchev–Trinajstić information content (AvgIpc) is 3.06. The topological polar surface area (TPSA) is 34.1 Å². The number of hydrogen-bond acceptors (Lipinski definition) is 2. The Labute approximate surface area is 248 Å². The molecule has 0 aliphatic carbocycles. The molecule has 0 spiro atoms. The van der Waals surface area contributed by atoms with E-state index in [1.165, 1.54) is 59.2 Å². The lowest BCUT2D eigenvalue weighted by molar-refractivity contribution is 0.596. The van der Waals surface area contributed by atoms with E-state index in [-0.39, 0.29) is 0 Å². The molecule has 9 aromatic rings. The van der Waals surface area contributed by atoms with Gasteiger partial charge in [0.1, 0.15) is 0 Å². The molecule has 0 bridgehead atoms. The first-order valence-corrected chi connectivity index (χ1v) is 15.9. The normalized spacial score (nSPS) is 12.4. The minimum absolute atomic E-state index is 0.293. The van der Waals surface area contributed by atoms with E-state index in [4.69, 9.17) is 0 Å². The summed E-state index contributed by atoms with van der Waals surface area (Å²) in [7, 11) is -3.59. The van der Waals surface area contributed by atoms with E-state index in [1.54, 1.807) is 36.4 Å². The predicted octanol–water partition coefficient (Wildman–Crippen LogP) is 10.5. The first kappa shape index (κ1) is 24.4. The zero-order chi connectivity index (χ0) is 28.7. The van der Waals surface area contributed by atoms with Crippen LogP contribution in [0.25, 0.3) is 75.8 Å². The molecule has 0 aliphatic rings. The fourth-order valence-corrected chi connectivity index (χ4v) is 8.30. The van der Waals surface area contributed by atoms with Crippen LogP contribution in [-0.2, 0) is 9.84 Å². The summed E-state index contributed by atoms with van der Waals surface area (Å²) in [4.78, 5) is 0.594. The number of rotatable bonds is 3. The number of sulfone groups is 1. The van der Waals surface area contributed by atoms with E-state index < -0.39 is 9.84 Å². The lowest BCUT2D eigenvalue weighted by atomic mass is 9.86. The molecule has 0 aromatic heterocycles. The van der Waals surface area contributed by atoms with Gasteiger partial charge in [-0.05, 0) is 112 Å². The van der Waals surface area contributed by atoms with E-state index in [1.807, 2.05) is 18.2 Å². The summed E-state index contributed by atoms with van der Waals surface area (Å²) in [6.07, 6.45) is 0. The molecule has 0 N–H and O–H groups in total. The molecule has 202 valence electrons. The Kier molecular flexibility index (Phi) is 5.03. The molecule has 3 heteroatoms. The van der Waals surface area contributed by atoms with Gasteiger partial charge in [0.25, 0.3) is 0 Å². The number of benzene rings is 8. The van der Waals surface area contributed by atoms with Gasteiger partial charge >= 0.3 is 0 Å². The lowest BCUT2D eigenvalue weighted by Crippen LogP contribution is -2.01. The second-order valence-electron chi connectivity index (χ2n) is 11.3. The third kappa shape index (κ3) is 3.49. The molecular weight excluding hydrogens is 545 g/mol. The second-order valence-corrected chi connectivity index (χ2v) is 13.3. The van der Waals surface area contributed by atoms with Crippen LogP contribution in [0.15, 0.2) is 155 Å². The zero-order valence-electron chi connectivity index (χ0n) is 23.1. The minimum atomic E-state index is -3.59. The lowest BCUT2D eigenvalue weighted by Gasteiger charge is -2.17. The standard InChI is InChI=1S/C40H24O2S/c41-43(42,31-10-2-1-3-11-31)32-21-19-25(20-22-32)30-23-29-18-17-28-8-5-13-34-33-12-4-7-26-15-16-27-9-6-14-35(39(27)37(26)33)36(24-30)40(29)38(28)34/h1-24H. The van der Waals surface area contributed by atoms with Crippen molar-refractivity contribution in [3.05, 3.63) is 146 Å². The molecule has 0 saturated carbocycles. The Morgan fingerprint density at radius 3 is 1.35 bits per heavy atom. The third-order valence-electron chi connectivity index (χ3n) is 8.98. The minimum Gasteiger partial charge on any atom is -0.219 e. The maximum Gasteiger partial charge on any atom is 0.206 e. The molecule has 0 radical (unpaired) electrons. The zero-order valence-corrected chi connectivity index (χ0v) is 23.9. The van der Waals surface area contributed by atoms with Crippen molar-refractivity contribution in [2.45, 2.75) is 9.79 Å². The highest BCUT2D eigenvalue weighted by Gasteiger charge is 2.19. The summed E-state index contributed by atoms with van der Waals surface area (Å²) >= 11 is 0. The van der Waals surface area contributed by atoms with Gasteiger partial charge < -0.3 is 0 Å². The van der Waals surface area contributed by atoms with Crippen molar-refractivity contribution in [3.63, 3.8) is 0 Å². The monoisotopic (exact) mass is 568 g/mol. The number of hydrogen-bond donors (Lipinski definition) is 0. The van der Waals surface area contributed by atoms with Gasteiger partial charge in [-0.3, -0.25) is 0 Å². The highest BCUT2D eigenvalue weighted by Crippen LogP contribution is 2.44. The molecule has 9 aromatic carbocycles. The fourth-order valence-electron chi connectivity index (χ4n) is 7.01. The van der Waals surface area contributed by atoms with Crippen molar-refractivity contribution in [1.29, 1.82) is 0 Å². The SMILES string of the molecule is O=S(=O)(c1ccccc1)c1ccc(-c2cc3ccc4cccc5c6cccc7ccc8cccc(c(c2)c3c45)c8c76)cc1. The molecule has 0 aliphatic heterocycles. The van der Waals surface area contributed by atoms with Crippen LogP contribution in [0, 0.1) is 0 Å². The van der Waals surface area contributed by atoms with E-state index in [2.05, 4.69) is 91.0 Å². The fraction of sp³-hybridized carbons (Fsp3) is 0. The Morgan fingerprint density at radius 1 is 0.326 bits per heavy atom. The van der Waals surface area contributed by atoms with Gasteiger partial charge in [-0.15, -0.1) is 0 Å². The molecule has 0 heterocycles. The highest BCUT2D eigenvalue weighted by molar-refractivity contribution is 7.91. The Bertz CT molecular complexity index is 2650. The summed E-state index contributed by atoms with van der Waals surface area (Å²) in [6, 6.07) is 49.2. The maximum absolute atomic E-state index is 13.3. The Hall–Kier alpha value is -5.25. The molecule has 9 rings (SSSR count). The quantitative estimate of drug-likeness (QED) is 0.199. The van der Waals surface area contributed by atoms with Crippen LogP contribution in [-0.4, -0.2) is 8.42 Å². The van der Waals surface area contributed by atoms with Crippen molar-refractivity contribution < 1.29 is 8.42 Å². The molecule has 0 fully saturated rings. The molecular formula is C40H24O2S. The van der Waals surface area contributed by atoms with Crippen molar-refractivity contribution in [2.24, 2.45) is 0 Å². The molecule has 0 saturated heterocycles. The van der Waals surface area contributed by atoms with Crippen molar-refractivity contribution in [1.82, 2.24) is 0 Å². The largest absolute Gasteiger partial charge is 0.219 e. The molecule has 0 atom stereocenters. The summed E-state index contributed by atoms with van der Waals surface area (Å²) in [5, 5.41) is 14.8. The van der Waals surface area contributed by atoms with Gasteiger partial charge in [-0.25, -0.2) is 8.42 Å². The van der Waals surface area contributed by atoms with E-state index in [0.29, 0.717) is 9.79 Å². The van der Waals surface area contributed by atoms with Crippen LogP contribution in [0.2, 0.25) is 0 Å². The first-order chi connectivity index (χ1) is 21.1. The van der Waals surface area contributed by atoms with Crippen LogP contribution < -0.4 is 0 Å². The van der Waals surface area contributed by atoms with E-state index in [0.717, 1.165) is 16.5 Å². The van der Waals surface area contributed by atoms with Gasteiger partial charge in [0.2, 0.25) is 9.84 Å². The number of fused-ring (bicyclic) bond motifs is 2. The van der Waals surface area contributed by atoms with Crippen LogP contribution in [0.5, 0.6) is 0 Å². The highest BCUT2D eigenvalue weighted by atomic mass is 32.2. The van der Waals surface area contributed by atoms with Gasteiger partial charge in [0.15, 0.2) is 0 Å². The summed E-state index contributed by atoms with van der Waals surface area (Å²) in [6.45, 7) is 0. The van der Waals surface area contributed by atoms with Crippen LogP contribution in [0.4, 0.5) is 0 Å². The van der Waals surface area contributed by atoms with Gasteiger partial charge in [0, 0.05) is 0 Å². The first-order valence-electron chi connectivity index (χ1n) is 14.4. The van der Waals surface area contributed by atoms with Crippen LogP contribution >= 0.6 is 0 Å². The molecule has 0 amide bonds. The summed E-state index contributed by atoms with van der Waals surface area (Å²) < 4.78 is 26.5. The van der Waals surface area contributed by atoms with Gasteiger partial charge in [0.05, 0.1) is 9.79 Å². The summed E-state index contributed by atoms with van der Waals surface area (Å²) in [5.74, 6) is 0. The maximum atomic E-state index is 13.3. The van der Waals surface area contributed by atoms with Crippen LogP contribution in [0.3, 0.4) is 0 Å². The van der Waals surface area contributed by atoms with Crippen molar-refractivity contribution >= 4 is 74.5 Å². The molecule has 43 heavy (non-hydrogen) atoms. The smallest absolute Gasteiger partial charge is 0.206 e. The predicted molar refractivity (Wildman–Crippen MR) is 180 cm³/mol. The Balaban J connectivity index is 1.39. The molecule has 0 unspecified atom stereocenters. The van der Waals surface area contributed by atoms with Gasteiger partial charge in [-0.2, -0.15) is 0 Å². The van der Waals surface area contributed by atoms with Gasteiger partial charge in [-0.1, -0.05) is 109 Å². The third-order valence-corrected chi connectivity index (χ3v) is 10.8. The molecule has 2 nitrogen and oxygen atoms in total. The Morgan fingerprint density at radius 2 is 0.791 bits per heavy atom. The second kappa shape index (κ2) is 8.87. The van der Waals surface area contributed by atoms with Crippen molar-refractivity contribution in [2.75, 3.05) is 0 Å². The van der Waals surface area contributed by atoms with Crippen LogP contribution in [0.1, 0.15) is 0 Å².